The highest BCUT2D eigenvalue weighted by atomic mass is 16.1. The summed E-state index contributed by atoms with van der Waals surface area (Å²) in [6.45, 7) is 6.54. The first kappa shape index (κ1) is 17.6. The number of hydrogen-bond donors (Lipinski definition) is 2. The number of amides is 1. The van der Waals surface area contributed by atoms with Gasteiger partial charge in [-0.1, -0.05) is 51.1 Å². The third kappa shape index (κ3) is 4.45. The Balaban J connectivity index is 1.65. The van der Waals surface area contributed by atoms with Crippen LogP contribution in [0.2, 0.25) is 0 Å². The van der Waals surface area contributed by atoms with E-state index in [1.165, 1.54) is 11.8 Å². The Morgan fingerprint density at radius 1 is 0.846 bits per heavy atom. The number of benzene rings is 2. The summed E-state index contributed by atoms with van der Waals surface area (Å²) >= 11 is 0. The second-order valence-electron chi connectivity index (χ2n) is 7.06. The van der Waals surface area contributed by atoms with Crippen molar-refractivity contribution in [2.45, 2.75) is 26.2 Å². The van der Waals surface area contributed by atoms with Crippen LogP contribution in [0.5, 0.6) is 0 Å². The Kier molecular flexibility index (Phi) is 4.98. The number of aromatic nitrogens is 2. The number of carbonyl (C=O) groups excluding carboxylic acids is 1. The Morgan fingerprint density at radius 2 is 1.54 bits per heavy atom. The number of anilines is 3. The Bertz CT molecular complexity index is 867. The quantitative estimate of drug-likeness (QED) is 0.714. The molecule has 5 nitrogen and oxygen atoms in total. The van der Waals surface area contributed by atoms with Crippen LogP contribution in [0.25, 0.3) is 0 Å². The van der Waals surface area contributed by atoms with Gasteiger partial charge in [0.15, 0.2) is 0 Å². The van der Waals surface area contributed by atoms with E-state index >= 15 is 0 Å². The van der Waals surface area contributed by atoms with Crippen LogP contribution in [0, 0.1) is 0 Å². The maximum Gasteiger partial charge on any atom is 0.275 e. The molecule has 3 rings (SSSR count). The molecule has 0 atom stereocenters. The molecule has 2 N–H and O–H groups in total. The second-order valence-corrected chi connectivity index (χ2v) is 7.06. The van der Waals surface area contributed by atoms with Crippen LogP contribution in [0.4, 0.5) is 17.2 Å². The van der Waals surface area contributed by atoms with Gasteiger partial charge >= 0.3 is 0 Å². The zero-order valence-corrected chi connectivity index (χ0v) is 15.2. The van der Waals surface area contributed by atoms with Gasteiger partial charge in [0.25, 0.3) is 5.91 Å². The monoisotopic (exact) mass is 346 g/mol. The van der Waals surface area contributed by atoms with Crippen molar-refractivity contribution in [1.82, 2.24) is 9.97 Å². The first-order valence-corrected chi connectivity index (χ1v) is 8.48. The van der Waals surface area contributed by atoms with E-state index in [-0.39, 0.29) is 17.0 Å². The second kappa shape index (κ2) is 7.35. The summed E-state index contributed by atoms with van der Waals surface area (Å²) in [6, 6.07) is 17.5. The predicted octanol–water partition coefficient (Wildman–Crippen LogP) is 4.77. The highest BCUT2D eigenvalue weighted by Gasteiger charge is 2.13. The summed E-state index contributed by atoms with van der Waals surface area (Å²) in [4.78, 5) is 20.6. The van der Waals surface area contributed by atoms with Gasteiger partial charge in [-0.15, -0.1) is 0 Å². The summed E-state index contributed by atoms with van der Waals surface area (Å²) in [5.41, 5.74) is 3.30. The lowest BCUT2D eigenvalue weighted by molar-refractivity contribution is 0.102. The molecule has 0 aliphatic heterocycles. The number of nitrogens with zero attached hydrogens (tertiary/aromatic N) is 2. The van der Waals surface area contributed by atoms with Crippen molar-refractivity contribution in [3.63, 3.8) is 0 Å². The molecule has 0 unspecified atom stereocenters. The fourth-order valence-corrected chi connectivity index (χ4v) is 2.43. The third-order valence-electron chi connectivity index (χ3n) is 3.94. The average Bonchev–Trinajstić information content (AvgIpc) is 2.63. The normalized spacial score (nSPS) is 11.0. The predicted molar refractivity (Wildman–Crippen MR) is 105 cm³/mol. The first-order valence-electron chi connectivity index (χ1n) is 8.48. The minimum Gasteiger partial charge on any atom is -0.339 e. The van der Waals surface area contributed by atoms with Crippen molar-refractivity contribution in [2.24, 2.45) is 0 Å². The smallest absolute Gasteiger partial charge is 0.275 e. The number of rotatable bonds is 4. The summed E-state index contributed by atoms with van der Waals surface area (Å²) in [5.74, 6) is 0.301. The number of para-hydroxylation sites is 1. The molecule has 0 saturated heterocycles. The third-order valence-corrected chi connectivity index (χ3v) is 3.94. The molecule has 0 bridgehead atoms. The van der Waals surface area contributed by atoms with E-state index in [1.807, 2.05) is 42.5 Å². The SMILES string of the molecule is CC(C)(C)c1ccc(Nc2cnc(C(=O)Nc3ccccc3)cn2)cc1. The van der Waals surface area contributed by atoms with Gasteiger partial charge in [0.1, 0.15) is 11.5 Å². The molecule has 2 aromatic carbocycles. The molecule has 5 heteroatoms. The van der Waals surface area contributed by atoms with E-state index in [4.69, 9.17) is 0 Å². The summed E-state index contributed by atoms with van der Waals surface area (Å²) in [5, 5.41) is 5.98. The van der Waals surface area contributed by atoms with Gasteiger partial charge < -0.3 is 10.6 Å². The fraction of sp³-hybridized carbons (Fsp3) is 0.190. The summed E-state index contributed by atoms with van der Waals surface area (Å²) in [7, 11) is 0. The standard InChI is InChI=1S/C21H22N4O/c1-21(2,3)15-9-11-17(12-10-15)24-19-14-22-18(13-23-19)20(26)25-16-7-5-4-6-8-16/h4-14H,1-3H3,(H,23,24)(H,25,26). The molecule has 26 heavy (non-hydrogen) atoms. The molecule has 0 fully saturated rings. The van der Waals surface area contributed by atoms with Crippen molar-refractivity contribution in [1.29, 1.82) is 0 Å². The molecule has 0 radical (unpaired) electrons. The van der Waals surface area contributed by atoms with E-state index < -0.39 is 0 Å². The van der Waals surface area contributed by atoms with E-state index in [2.05, 4.69) is 53.5 Å². The molecular weight excluding hydrogens is 324 g/mol. The summed E-state index contributed by atoms with van der Waals surface area (Å²) in [6.07, 6.45) is 3.02. The maximum atomic E-state index is 12.2. The van der Waals surface area contributed by atoms with E-state index in [0.717, 1.165) is 11.4 Å². The van der Waals surface area contributed by atoms with E-state index in [1.54, 1.807) is 6.20 Å². The van der Waals surface area contributed by atoms with Crippen LogP contribution in [0.3, 0.4) is 0 Å². The van der Waals surface area contributed by atoms with Gasteiger partial charge in [-0.3, -0.25) is 4.79 Å². The highest BCUT2D eigenvalue weighted by molar-refractivity contribution is 6.02. The Morgan fingerprint density at radius 3 is 2.12 bits per heavy atom. The molecule has 3 aromatic rings. The average molecular weight is 346 g/mol. The zero-order chi connectivity index (χ0) is 18.6. The molecule has 1 aromatic heterocycles. The van der Waals surface area contributed by atoms with Crippen molar-refractivity contribution in [3.05, 3.63) is 78.2 Å². The minimum absolute atomic E-state index is 0.117. The lowest BCUT2D eigenvalue weighted by atomic mass is 9.87. The Labute approximate surface area is 153 Å². The van der Waals surface area contributed by atoms with Gasteiger partial charge in [-0.05, 0) is 35.2 Å². The van der Waals surface area contributed by atoms with Crippen molar-refractivity contribution < 1.29 is 4.79 Å². The van der Waals surface area contributed by atoms with Crippen LogP contribution >= 0.6 is 0 Å². The number of nitrogens with one attached hydrogen (secondary N) is 2. The van der Waals surface area contributed by atoms with Gasteiger partial charge in [0.05, 0.1) is 12.4 Å². The van der Waals surface area contributed by atoms with Crippen LogP contribution < -0.4 is 10.6 Å². The summed E-state index contributed by atoms with van der Waals surface area (Å²) < 4.78 is 0. The minimum atomic E-state index is -0.287. The molecule has 1 amide bonds. The van der Waals surface area contributed by atoms with Gasteiger partial charge in [0, 0.05) is 11.4 Å². The number of carbonyl (C=O) groups is 1. The zero-order valence-electron chi connectivity index (χ0n) is 15.2. The van der Waals surface area contributed by atoms with Gasteiger partial charge in [0.2, 0.25) is 0 Å². The topological polar surface area (TPSA) is 66.9 Å². The van der Waals surface area contributed by atoms with Crippen LogP contribution in [0.1, 0.15) is 36.8 Å². The largest absolute Gasteiger partial charge is 0.339 e. The van der Waals surface area contributed by atoms with Gasteiger partial charge in [-0.2, -0.15) is 0 Å². The molecule has 0 spiro atoms. The van der Waals surface area contributed by atoms with E-state index in [0.29, 0.717) is 5.82 Å². The lowest BCUT2D eigenvalue weighted by Gasteiger charge is -2.19. The van der Waals surface area contributed by atoms with Crippen LogP contribution in [-0.2, 0) is 5.41 Å². The molecule has 0 saturated carbocycles. The van der Waals surface area contributed by atoms with Crippen molar-refractivity contribution >= 4 is 23.1 Å². The molecule has 1 heterocycles. The fourth-order valence-electron chi connectivity index (χ4n) is 2.43. The molecular formula is C21H22N4O. The van der Waals surface area contributed by atoms with Crippen molar-refractivity contribution in [2.75, 3.05) is 10.6 Å². The number of hydrogen-bond acceptors (Lipinski definition) is 4. The van der Waals surface area contributed by atoms with Crippen LogP contribution in [0.15, 0.2) is 67.0 Å². The maximum absolute atomic E-state index is 12.2. The van der Waals surface area contributed by atoms with E-state index in [9.17, 15) is 4.79 Å². The molecule has 132 valence electrons. The molecule has 0 aliphatic rings. The Hall–Kier alpha value is -3.21. The molecule has 0 aliphatic carbocycles. The van der Waals surface area contributed by atoms with Crippen LogP contribution in [-0.4, -0.2) is 15.9 Å². The van der Waals surface area contributed by atoms with Gasteiger partial charge in [-0.25, -0.2) is 9.97 Å². The lowest BCUT2D eigenvalue weighted by Crippen LogP contribution is -2.14. The first-order chi connectivity index (χ1) is 12.4. The highest BCUT2D eigenvalue weighted by Crippen LogP contribution is 2.24. The van der Waals surface area contributed by atoms with Crippen molar-refractivity contribution in [3.8, 4) is 0 Å².